The van der Waals surface area contributed by atoms with Crippen molar-refractivity contribution in [3.8, 4) is 0 Å². The van der Waals surface area contributed by atoms with E-state index in [0.717, 1.165) is 18.4 Å². The van der Waals surface area contributed by atoms with Gasteiger partial charge in [-0.05, 0) is 24.8 Å². The van der Waals surface area contributed by atoms with E-state index in [1.807, 2.05) is 0 Å². The third kappa shape index (κ3) is 13.6. The van der Waals surface area contributed by atoms with E-state index in [-0.39, 0.29) is 12.4 Å². The molecular formula is C19H42ClN. The predicted molar refractivity (Wildman–Crippen MR) is 100 cm³/mol. The van der Waals surface area contributed by atoms with Gasteiger partial charge in [0.05, 0.1) is 0 Å². The third-order valence-electron chi connectivity index (χ3n) is 4.75. The lowest BCUT2D eigenvalue weighted by atomic mass is 9.81. The Morgan fingerprint density at radius 1 is 0.571 bits per heavy atom. The average molecular weight is 320 g/mol. The molecule has 2 N–H and O–H groups in total. The van der Waals surface area contributed by atoms with E-state index >= 15 is 0 Å². The summed E-state index contributed by atoms with van der Waals surface area (Å²) >= 11 is 0. The maximum atomic E-state index is 6.09. The fourth-order valence-corrected chi connectivity index (χ4v) is 3.31. The highest BCUT2D eigenvalue weighted by molar-refractivity contribution is 5.85. The number of hydrogen-bond acceptors (Lipinski definition) is 1. The summed E-state index contributed by atoms with van der Waals surface area (Å²) in [5, 5.41) is 0. The standard InChI is InChI=1S/C19H41N.ClH/c1-4-7-10-13-15-18(14-11-8-5-2)19(17-20)16-12-9-6-3;/h18-19H,4-17,20H2,1-3H3;1H. The number of hydrogen-bond donors (Lipinski definition) is 1. The maximum Gasteiger partial charge on any atom is -0.00462 e. The Bertz CT molecular complexity index is 184. The molecule has 0 radical (unpaired) electrons. The molecule has 0 fully saturated rings. The van der Waals surface area contributed by atoms with Gasteiger partial charge in [0.25, 0.3) is 0 Å². The van der Waals surface area contributed by atoms with Crippen LogP contribution in [0.25, 0.3) is 0 Å². The zero-order chi connectivity index (χ0) is 15.1. The number of halogens is 1. The van der Waals surface area contributed by atoms with Crippen LogP contribution in [0.4, 0.5) is 0 Å². The number of rotatable bonds is 15. The second-order valence-corrected chi connectivity index (χ2v) is 6.60. The van der Waals surface area contributed by atoms with Crippen molar-refractivity contribution in [1.29, 1.82) is 0 Å². The van der Waals surface area contributed by atoms with E-state index in [0.29, 0.717) is 0 Å². The zero-order valence-electron chi connectivity index (χ0n) is 15.0. The smallest absolute Gasteiger partial charge is 0.00462 e. The van der Waals surface area contributed by atoms with Crippen molar-refractivity contribution in [3.63, 3.8) is 0 Å². The fourth-order valence-electron chi connectivity index (χ4n) is 3.31. The second kappa shape index (κ2) is 18.3. The van der Waals surface area contributed by atoms with Crippen LogP contribution in [-0.4, -0.2) is 6.54 Å². The topological polar surface area (TPSA) is 26.0 Å². The lowest BCUT2D eigenvalue weighted by molar-refractivity contribution is 0.263. The first-order chi connectivity index (χ1) is 9.79. The number of nitrogens with two attached hydrogens (primary N) is 1. The van der Waals surface area contributed by atoms with E-state index in [2.05, 4.69) is 20.8 Å². The van der Waals surface area contributed by atoms with E-state index in [1.165, 1.54) is 83.5 Å². The van der Waals surface area contributed by atoms with Crippen LogP contribution in [0.5, 0.6) is 0 Å². The summed E-state index contributed by atoms with van der Waals surface area (Å²) in [5.41, 5.74) is 6.09. The summed E-state index contributed by atoms with van der Waals surface area (Å²) in [7, 11) is 0. The largest absolute Gasteiger partial charge is 0.330 e. The highest BCUT2D eigenvalue weighted by atomic mass is 35.5. The molecule has 0 aromatic rings. The summed E-state index contributed by atoms with van der Waals surface area (Å²) in [6.07, 6.45) is 18.1. The van der Waals surface area contributed by atoms with Crippen molar-refractivity contribution in [2.75, 3.05) is 6.54 Å². The Morgan fingerprint density at radius 3 is 1.38 bits per heavy atom. The van der Waals surface area contributed by atoms with Gasteiger partial charge in [0.2, 0.25) is 0 Å². The van der Waals surface area contributed by atoms with Gasteiger partial charge in [-0.2, -0.15) is 0 Å². The van der Waals surface area contributed by atoms with Crippen molar-refractivity contribution in [1.82, 2.24) is 0 Å². The molecule has 0 heterocycles. The van der Waals surface area contributed by atoms with Crippen LogP contribution in [0, 0.1) is 11.8 Å². The van der Waals surface area contributed by atoms with Gasteiger partial charge in [0.15, 0.2) is 0 Å². The SMILES string of the molecule is CCCCCCC(CCCCC)C(CN)CCCCC.Cl. The highest BCUT2D eigenvalue weighted by Gasteiger charge is 2.19. The molecule has 21 heavy (non-hydrogen) atoms. The molecule has 1 nitrogen and oxygen atoms in total. The normalized spacial score (nSPS) is 13.7. The van der Waals surface area contributed by atoms with Gasteiger partial charge in [-0.3, -0.25) is 0 Å². The first-order valence-electron chi connectivity index (χ1n) is 9.50. The number of unbranched alkanes of at least 4 members (excludes halogenated alkanes) is 7. The van der Waals surface area contributed by atoms with Gasteiger partial charge in [-0.1, -0.05) is 97.8 Å². The van der Waals surface area contributed by atoms with Crippen molar-refractivity contribution in [2.24, 2.45) is 17.6 Å². The van der Waals surface area contributed by atoms with Gasteiger partial charge in [0.1, 0.15) is 0 Å². The molecule has 0 aromatic carbocycles. The molecule has 0 rings (SSSR count). The van der Waals surface area contributed by atoms with E-state index in [9.17, 15) is 0 Å². The molecule has 2 unspecified atom stereocenters. The fraction of sp³-hybridized carbons (Fsp3) is 1.00. The Morgan fingerprint density at radius 2 is 0.952 bits per heavy atom. The Labute approximate surface area is 141 Å². The second-order valence-electron chi connectivity index (χ2n) is 6.60. The molecular weight excluding hydrogens is 278 g/mol. The first kappa shape index (κ1) is 23.5. The Balaban J connectivity index is 0. The van der Waals surface area contributed by atoms with Crippen molar-refractivity contribution in [2.45, 2.75) is 104 Å². The summed E-state index contributed by atoms with van der Waals surface area (Å²) in [6, 6.07) is 0. The molecule has 0 bridgehead atoms. The molecule has 0 saturated heterocycles. The highest BCUT2D eigenvalue weighted by Crippen LogP contribution is 2.28. The van der Waals surface area contributed by atoms with Crippen LogP contribution in [0.3, 0.4) is 0 Å². The van der Waals surface area contributed by atoms with E-state index in [1.54, 1.807) is 0 Å². The summed E-state index contributed by atoms with van der Waals surface area (Å²) in [5.74, 6) is 1.69. The third-order valence-corrected chi connectivity index (χ3v) is 4.75. The average Bonchev–Trinajstić information content (AvgIpc) is 2.47. The first-order valence-corrected chi connectivity index (χ1v) is 9.50. The minimum Gasteiger partial charge on any atom is -0.330 e. The van der Waals surface area contributed by atoms with Gasteiger partial charge in [-0.25, -0.2) is 0 Å². The molecule has 2 atom stereocenters. The molecule has 0 aliphatic heterocycles. The Kier molecular flexibility index (Phi) is 20.5. The van der Waals surface area contributed by atoms with Gasteiger partial charge < -0.3 is 5.73 Å². The monoisotopic (exact) mass is 319 g/mol. The lowest BCUT2D eigenvalue weighted by Gasteiger charge is -2.26. The van der Waals surface area contributed by atoms with Gasteiger partial charge in [-0.15, -0.1) is 12.4 Å². The molecule has 130 valence electrons. The summed E-state index contributed by atoms with van der Waals surface area (Å²) in [4.78, 5) is 0. The molecule has 0 amide bonds. The van der Waals surface area contributed by atoms with Crippen LogP contribution >= 0.6 is 12.4 Å². The Hall–Kier alpha value is 0.250. The van der Waals surface area contributed by atoms with Gasteiger partial charge >= 0.3 is 0 Å². The quantitative estimate of drug-likeness (QED) is 0.333. The predicted octanol–water partition coefficient (Wildman–Crippen LogP) is 6.73. The van der Waals surface area contributed by atoms with Crippen LogP contribution in [0.2, 0.25) is 0 Å². The molecule has 0 saturated carbocycles. The molecule has 0 aliphatic rings. The maximum absolute atomic E-state index is 6.09. The zero-order valence-corrected chi connectivity index (χ0v) is 15.9. The van der Waals surface area contributed by atoms with Crippen LogP contribution < -0.4 is 5.73 Å². The van der Waals surface area contributed by atoms with Crippen LogP contribution in [0.15, 0.2) is 0 Å². The molecule has 0 spiro atoms. The molecule has 0 aromatic heterocycles. The van der Waals surface area contributed by atoms with Crippen molar-refractivity contribution >= 4 is 12.4 Å². The van der Waals surface area contributed by atoms with E-state index < -0.39 is 0 Å². The van der Waals surface area contributed by atoms with Crippen molar-refractivity contribution < 1.29 is 0 Å². The van der Waals surface area contributed by atoms with Gasteiger partial charge in [0, 0.05) is 0 Å². The minimum absolute atomic E-state index is 0. The minimum atomic E-state index is 0. The van der Waals surface area contributed by atoms with Crippen LogP contribution in [0.1, 0.15) is 104 Å². The van der Waals surface area contributed by atoms with E-state index in [4.69, 9.17) is 5.73 Å². The molecule has 0 aliphatic carbocycles. The lowest BCUT2D eigenvalue weighted by Crippen LogP contribution is -2.24. The van der Waals surface area contributed by atoms with Crippen LogP contribution in [-0.2, 0) is 0 Å². The van der Waals surface area contributed by atoms with Crippen molar-refractivity contribution in [3.05, 3.63) is 0 Å². The summed E-state index contributed by atoms with van der Waals surface area (Å²) < 4.78 is 0. The summed E-state index contributed by atoms with van der Waals surface area (Å²) in [6.45, 7) is 7.80. The molecule has 2 heteroatoms.